The standard InChI is InChI=1S/C19H21NO3/c1-13-9-10-14(2)17(11-13)23-18(21)12-15(3)20-19(22)16-7-5-4-6-8-16/h4-11,15H,12H2,1-3H3,(H,20,22). The van der Waals surface area contributed by atoms with Crippen molar-refractivity contribution in [3.05, 3.63) is 65.2 Å². The van der Waals surface area contributed by atoms with E-state index in [1.807, 2.05) is 38.1 Å². The molecule has 4 nitrogen and oxygen atoms in total. The first-order chi connectivity index (χ1) is 11.0. The lowest BCUT2D eigenvalue weighted by Crippen LogP contribution is -2.35. The van der Waals surface area contributed by atoms with E-state index in [0.29, 0.717) is 11.3 Å². The molecule has 0 spiro atoms. The van der Waals surface area contributed by atoms with Crippen molar-refractivity contribution in [2.45, 2.75) is 33.2 Å². The number of benzene rings is 2. The summed E-state index contributed by atoms with van der Waals surface area (Å²) in [7, 11) is 0. The van der Waals surface area contributed by atoms with Crippen LogP contribution in [0.2, 0.25) is 0 Å². The quantitative estimate of drug-likeness (QED) is 0.680. The third-order valence-electron chi connectivity index (χ3n) is 3.45. The molecule has 1 N–H and O–H groups in total. The van der Waals surface area contributed by atoms with Gasteiger partial charge in [-0.3, -0.25) is 9.59 Å². The van der Waals surface area contributed by atoms with Crippen LogP contribution in [0.4, 0.5) is 0 Å². The van der Waals surface area contributed by atoms with Gasteiger partial charge >= 0.3 is 5.97 Å². The van der Waals surface area contributed by atoms with Crippen molar-refractivity contribution in [1.29, 1.82) is 0 Å². The summed E-state index contributed by atoms with van der Waals surface area (Å²) in [6, 6.07) is 14.3. The molecule has 2 aromatic rings. The maximum atomic E-state index is 12.0. The van der Waals surface area contributed by atoms with E-state index in [9.17, 15) is 9.59 Å². The second-order valence-electron chi connectivity index (χ2n) is 5.69. The van der Waals surface area contributed by atoms with E-state index in [4.69, 9.17) is 4.74 Å². The van der Waals surface area contributed by atoms with Crippen LogP contribution in [0.5, 0.6) is 5.75 Å². The average Bonchev–Trinajstić information content (AvgIpc) is 2.51. The molecule has 1 amide bonds. The van der Waals surface area contributed by atoms with E-state index in [1.54, 1.807) is 31.2 Å². The number of ether oxygens (including phenoxy) is 1. The molecule has 4 heteroatoms. The molecule has 120 valence electrons. The highest BCUT2D eigenvalue weighted by Gasteiger charge is 2.15. The Hall–Kier alpha value is -2.62. The van der Waals surface area contributed by atoms with E-state index >= 15 is 0 Å². The van der Waals surface area contributed by atoms with Gasteiger partial charge in [-0.25, -0.2) is 0 Å². The minimum atomic E-state index is -0.362. The van der Waals surface area contributed by atoms with Crippen LogP contribution in [-0.4, -0.2) is 17.9 Å². The van der Waals surface area contributed by atoms with Crippen molar-refractivity contribution in [3.63, 3.8) is 0 Å². The van der Waals surface area contributed by atoms with E-state index in [1.165, 1.54) is 0 Å². The molecule has 0 aliphatic rings. The minimum absolute atomic E-state index is 0.117. The van der Waals surface area contributed by atoms with Gasteiger partial charge in [0.25, 0.3) is 5.91 Å². The molecule has 0 saturated heterocycles. The molecule has 23 heavy (non-hydrogen) atoms. The fourth-order valence-electron chi connectivity index (χ4n) is 2.18. The third kappa shape index (κ3) is 4.95. The lowest BCUT2D eigenvalue weighted by molar-refractivity contribution is -0.134. The Morgan fingerprint density at radius 3 is 2.48 bits per heavy atom. The number of hydrogen-bond acceptors (Lipinski definition) is 3. The monoisotopic (exact) mass is 311 g/mol. The summed E-state index contributed by atoms with van der Waals surface area (Å²) in [6.45, 7) is 5.62. The molecule has 1 atom stereocenters. The normalized spacial score (nSPS) is 11.6. The number of carbonyl (C=O) groups excluding carboxylic acids is 2. The summed E-state index contributed by atoms with van der Waals surface area (Å²) < 4.78 is 5.39. The van der Waals surface area contributed by atoms with E-state index < -0.39 is 0 Å². The Balaban J connectivity index is 1.90. The molecule has 1 unspecified atom stereocenters. The maximum absolute atomic E-state index is 12.0. The van der Waals surface area contributed by atoms with Gasteiger partial charge in [-0.1, -0.05) is 30.3 Å². The van der Waals surface area contributed by atoms with Crippen LogP contribution in [0, 0.1) is 13.8 Å². The van der Waals surface area contributed by atoms with Crippen LogP contribution in [0.1, 0.15) is 34.8 Å². The molecule has 0 fully saturated rings. The first-order valence-electron chi connectivity index (χ1n) is 7.59. The number of esters is 1. The molecule has 0 heterocycles. The van der Waals surface area contributed by atoms with Crippen LogP contribution in [0.3, 0.4) is 0 Å². The molecule has 2 rings (SSSR count). The van der Waals surface area contributed by atoms with Crippen LogP contribution < -0.4 is 10.1 Å². The van der Waals surface area contributed by atoms with E-state index in [0.717, 1.165) is 11.1 Å². The molecule has 0 aliphatic heterocycles. The predicted octanol–water partition coefficient (Wildman–Crippen LogP) is 3.42. The average molecular weight is 311 g/mol. The first kappa shape index (κ1) is 16.7. The van der Waals surface area contributed by atoms with Gasteiger partial charge in [0, 0.05) is 11.6 Å². The van der Waals surface area contributed by atoms with Crippen molar-refractivity contribution < 1.29 is 14.3 Å². The van der Waals surface area contributed by atoms with Crippen LogP contribution in [-0.2, 0) is 4.79 Å². The summed E-state index contributed by atoms with van der Waals surface area (Å²) in [4.78, 5) is 24.1. The second-order valence-corrected chi connectivity index (χ2v) is 5.69. The van der Waals surface area contributed by atoms with Gasteiger partial charge in [-0.05, 0) is 50.1 Å². The largest absolute Gasteiger partial charge is 0.426 e. The van der Waals surface area contributed by atoms with Crippen LogP contribution in [0.25, 0.3) is 0 Å². The zero-order chi connectivity index (χ0) is 16.8. The summed E-state index contributed by atoms with van der Waals surface area (Å²) in [5.74, 6) is 0.00813. The lowest BCUT2D eigenvalue weighted by Gasteiger charge is -2.14. The SMILES string of the molecule is Cc1ccc(C)c(OC(=O)CC(C)NC(=O)c2ccccc2)c1. The van der Waals surface area contributed by atoms with Crippen LogP contribution >= 0.6 is 0 Å². The summed E-state index contributed by atoms with van der Waals surface area (Å²) in [5, 5.41) is 2.80. The van der Waals surface area contributed by atoms with Crippen molar-refractivity contribution in [2.24, 2.45) is 0 Å². The first-order valence-corrected chi connectivity index (χ1v) is 7.59. The highest BCUT2D eigenvalue weighted by molar-refractivity contribution is 5.94. The van der Waals surface area contributed by atoms with Crippen molar-refractivity contribution >= 4 is 11.9 Å². The van der Waals surface area contributed by atoms with Gasteiger partial charge in [-0.15, -0.1) is 0 Å². The van der Waals surface area contributed by atoms with Gasteiger partial charge in [0.2, 0.25) is 0 Å². The summed E-state index contributed by atoms with van der Waals surface area (Å²) in [6.07, 6.45) is 0.117. The molecule has 0 aliphatic carbocycles. The lowest BCUT2D eigenvalue weighted by atomic mass is 10.1. The number of nitrogens with one attached hydrogen (secondary N) is 1. The second kappa shape index (κ2) is 7.58. The zero-order valence-electron chi connectivity index (χ0n) is 13.6. The van der Waals surface area contributed by atoms with Gasteiger partial charge in [-0.2, -0.15) is 0 Å². The summed E-state index contributed by atoms with van der Waals surface area (Å²) >= 11 is 0. The smallest absolute Gasteiger partial charge is 0.313 e. The topological polar surface area (TPSA) is 55.4 Å². The van der Waals surface area contributed by atoms with Gasteiger partial charge in [0.1, 0.15) is 5.75 Å². The van der Waals surface area contributed by atoms with Crippen molar-refractivity contribution in [1.82, 2.24) is 5.32 Å². The number of rotatable bonds is 5. The molecule has 0 aromatic heterocycles. The van der Waals surface area contributed by atoms with Gasteiger partial charge < -0.3 is 10.1 Å². The molecule has 0 radical (unpaired) electrons. The third-order valence-corrected chi connectivity index (χ3v) is 3.45. The Morgan fingerprint density at radius 2 is 1.78 bits per heavy atom. The van der Waals surface area contributed by atoms with E-state index in [-0.39, 0.29) is 24.3 Å². The van der Waals surface area contributed by atoms with Crippen molar-refractivity contribution in [3.8, 4) is 5.75 Å². The Morgan fingerprint density at radius 1 is 1.09 bits per heavy atom. The molecule has 0 saturated carbocycles. The van der Waals surface area contributed by atoms with E-state index in [2.05, 4.69) is 5.32 Å². The fraction of sp³-hybridized carbons (Fsp3) is 0.263. The number of hydrogen-bond donors (Lipinski definition) is 1. The predicted molar refractivity (Wildman–Crippen MR) is 89.5 cm³/mol. The number of aryl methyl sites for hydroxylation is 2. The summed E-state index contributed by atoms with van der Waals surface area (Å²) in [5.41, 5.74) is 2.51. The molecule has 0 bridgehead atoms. The van der Waals surface area contributed by atoms with Gasteiger partial charge in [0.15, 0.2) is 0 Å². The molecule has 2 aromatic carbocycles. The zero-order valence-corrected chi connectivity index (χ0v) is 13.6. The Kier molecular flexibility index (Phi) is 5.52. The molecular weight excluding hydrogens is 290 g/mol. The maximum Gasteiger partial charge on any atom is 0.313 e. The minimum Gasteiger partial charge on any atom is -0.426 e. The number of amides is 1. The number of carbonyl (C=O) groups is 2. The molecular formula is C19H21NO3. The Bertz CT molecular complexity index is 695. The van der Waals surface area contributed by atoms with Crippen molar-refractivity contribution in [2.75, 3.05) is 0 Å². The fourth-order valence-corrected chi connectivity index (χ4v) is 2.18. The van der Waals surface area contributed by atoms with Gasteiger partial charge in [0.05, 0.1) is 6.42 Å². The van der Waals surface area contributed by atoms with Crippen LogP contribution in [0.15, 0.2) is 48.5 Å². The highest BCUT2D eigenvalue weighted by atomic mass is 16.5. The highest BCUT2D eigenvalue weighted by Crippen LogP contribution is 2.19. The Labute approximate surface area is 136 Å².